The van der Waals surface area contributed by atoms with Gasteiger partial charge in [0.25, 0.3) is 5.91 Å². The first kappa shape index (κ1) is 11.3. The van der Waals surface area contributed by atoms with Crippen LogP contribution in [0.4, 0.5) is 5.69 Å². The van der Waals surface area contributed by atoms with Gasteiger partial charge in [-0.1, -0.05) is 36.4 Å². The first-order valence-corrected chi connectivity index (χ1v) is 6.49. The van der Waals surface area contributed by atoms with Gasteiger partial charge >= 0.3 is 0 Å². The van der Waals surface area contributed by atoms with E-state index in [2.05, 4.69) is 10.2 Å². The lowest BCUT2D eigenvalue weighted by Gasteiger charge is -2.17. The minimum atomic E-state index is -0.624. The Kier molecular flexibility index (Phi) is 2.24. The van der Waals surface area contributed by atoms with E-state index in [0.29, 0.717) is 12.2 Å². The average Bonchev–Trinajstić information content (AvgIpc) is 3.04. The normalized spacial score (nSPS) is 24.7. The van der Waals surface area contributed by atoms with E-state index in [0.717, 1.165) is 10.8 Å². The number of carbonyl (C=O) groups is 2. The molecule has 0 N–H and O–H groups in total. The zero-order valence-corrected chi connectivity index (χ0v) is 10.6. The predicted molar refractivity (Wildman–Crippen MR) is 73.4 cm³/mol. The lowest BCUT2D eigenvalue weighted by Crippen LogP contribution is -2.32. The predicted octanol–water partition coefficient (Wildman–Crippen LogP) is 2.16. The topological polar surface area (TPSA) is 62.1 Å². The van der Waals surface area contributed by atoms with Crippen LogP contribution < -0.4 is 4.90 Å². The molecular weight excluding hydrogens is 254 g/mol. The molecule has 2 unspecified atom stereocenters. The minimum absolute atomic E-state index is 0.193. The van der Waals surface area contributed by atoms with E-state index in [1.165, 1.54) is 4.90 Å². The fraction of sp³-hybridized carbons (Fsp3) is 0.200. The summed E-state index contributed by atoms with van der Waals surface area (Å²) in [4.78, 5) is 26.1. The Labute approximate surface area is 114 Å². The zero-order valence-electron chi connectivity index (χ0n) is 10.6. The monoisotopic (exact) mass is 265 g/mol. The molecule has 2 aromatic carbocycles. The summed E-state index contributed by atoms with van der Waals surface area (Å²) in [7, 11) is 0. The minimum Gasteiger partial charge on any atom is -0.274 e. The molecule has 0 saturated carbocycles. The maximum Gasteiger partial charge on any atom is 0.261 e. The van der Waals surface area contributed by atoms with Gasteiger partial charge in [-0.25, -0.2) is 4.90 Å². The number of azo groups is 1. The number of amides is 2. The molecule has 2 heterocycles. The molecule has 0 radical (unpaired) electrons. The van der Waals surface area contributed by atoms with Crippen molar-refractivity contribution < 1.29 is 9.59 Å². The second kappa shape index (κ2) is 3.96. The molecule has 2 aliphatic rings. The van der Waals surface area contributed by atoms with Crippen LogP contribution in [0, 0.1) is 5.92 Å². The van der Waals surface area contributed by atoms with Crippen LogP contribution in [-0.2, 0) is 9.59 Å². The third-order valence-corrected chi connectivity index (χ3v) is 3.88. The average molecular weight is 265 g/mol. The van der Waals surface area contributed by atoms with Gasteiger partial charge in [0.2, 0.25) is 5.91 Å². The first-order valence-electron chi connectivity index (χ1n) is 6.49. The second-order valence-electron chi connectivity index (χ2n) is 5.00. The smallest absolute Gasteiger partial charge is 0.261 e. The van der Waals surface area contributed by atoms with Crippen molar-refractivity contribution in [1.82, 2.24) is 0 Å². The second-order valence-corrected chi connectivity index (χ2v) is 5.00. The molecule has 0 spiro atoms. The Hall–Kier alpha value is -2.56. The molecule has 20 heavy (non-hydrogen) atoms. The van der Waals surface area contributed by atoms with Crippen LogP contribution >= 0.6 is 0 Å². The van der Waals surface area contributed by atoms with E-state index < -0.39 is 12.0 Å². The van der Waals surface area contributed by atoms with Crippen molar-refractivity contribution in [3.8, 4) is 0 Å². The Morgan fingerprint density at radius 2 is 1.80 bits per heavy atom. The van der Waals surface area contributed by atoms with E-state index in [4.69, 9.17) is 0 Å². The standard InChI is InChI=1S/C15H11N3O2/c19-14-11-8-16-17-13(11)15(20)18(14)12-7-3-5-9-4-1-2-6-10(9)12/h1-7,11,13H,8H2. The zero-order chi connectivity index (χ0) is 13.7. The fourth-order valence-corrected chi connectivity index (χ4v) is 2.89. The highest BCUT2D eigenvalue weighted by Crippen LogP contribution is 2.35. The van der Waals surface area contributed by atoms with Crippen LogP contribution in [0.1, 0.15) is 0 Å². The molecule has 2 atom stereocenters. The molecule has 0 aliphatic carbocycles. The summed E-state index contributed by atoms with van der Waals surface area (Å²) in [5.74, 6) is -0.875. The van der Waals surface area contributed by atoms with E-state index >= 15 is 0 Å². The summed E-state index contributed by atoms with van der Waals surface area (Å²) in [6, 6.07) is 12.7. The van der Waals surface area contributed by atoms with E-state index in [-0.39, 0.29) is 11.8 Å². The largest absolute Gasteiger partial charge is 0.274 e. The SMILES string of the molecule is O=C1C2CN=NC2C(=O)N1c1cccc2ccccc12. The Morgan fingerprint density at radius 1 is 1.00 bits per heavy atom. The van der Waals surface area contributed by atoms with E-state index in [1.54, 1.807) is 6.07 Å². The van der Waals surface area contributed by atoms with Crippen molar-refractivity contribution >= 4 is 28.3 Å². The summed E-state index contributed by atoms with van der Waals surface area (Å²) >= 11 is 0. The number of benzene rings is 2. The van der Waals surface area contributed by atoms with Gasteiger partial charge < -0.3 is 0 Å². The van der Waals surface area contributed by atoms with Crippen molar-refractivity contribution in [1.29, 1.82) is 0 Å². The van der Waals surface area contributed by atoms with Gasteiger partial charge in [-0.15, -0.1) is 0 Å². The number of rotatable bonds is 1. The molecule has 4 rings (SSSR count). The summed E-state index contributed by atoms with van der Waals surface area (Å²) in [6.07, 6.45) is 0. The molecule has 2 aromatic rings. The van der Waals surface area contributed by atoms with E-state index in [9.17, 15) is 9.59 Å². The molecule has 0 bridgehead atoms. The molecule has 5 nitrogen and oxygen atoms in total. The van der Waals surface area contributed by atoms with Gasteiger partial charge in [-0.05, 0) is 11.5 Å². The van der Waals surface area contributed by atoms with Gasteiger partial charge in [0.1, 0.15) is 0 Å². The maximum atomic E-state index is 12.4. The molecule has 5 heteroatoms. The first-order chi connectivity index (χ1) is 9.77. The van der Waals surface area contributed by atoms with Crippen LogP contribution in [0.25, 0.3) is 10.8 Å². The molecule has 2 amide bonds. The summed E-state index contributed by atoms with van der Waals surface area (Å²) in [5, 5.41) is 9.61. The van der Waals surface area contributed by atoms with Crippen molar-refractivity contribution in [3.05, 3.63) is 42.5 Å². The summed E-state index contributed by atoms with van der Waals surface area (Å²) < 4.78 is 0. The van der Waals surface area contributed by atoms with Crippen LogP contribution in [0.3, 0.4) is 0 Å². The molecule has 1 saturated heterocycles. The number of nitrogens with zero attached hydrogens (tertiary/aromatic N) is 3. The number of anilines is 1. The van der Waals surface area contributed by atoms with Crippen LogP contribution in [0.5, 0.6) is 0 Å². The lowest BCUT2D eigenvalue weighted by molar-refractivity contribution is -0.122. The Balaban J connectivity index is 1.90. The Bertz CT molecular complexity index is 763. The van der Waals surface area contributed by atoms with Crippen LogP contribution in [0.15, 0.2) is 52.7 Å². The third-order valence-electron chi connectivity index (χ3n) is 3.88. The molecule has 2 aliphatic heterocycles. The number of hydrogen-bond donors (Lipinski definition) is 0. The highest BCUT2D eigenvalue weighted by Gasteiger charge is 2.51. The van der Waals surface area contributed by atoms with E-state index in [1.807, 2.05) is 36.4 Å². The Morgan fingerprint density at radius 3 is 2.65 bits per heavy atom. The maximum absolute atomic E-state index is 12.4. The number of fused-ring (bicyclic) bond motifs is 2. The van der Waals surface area contributed by atoms with Crippen molar-refractivity contribution in [2.75, 3.05) is 11.4 Å². The summed E-state index contributed by atoms with van der Waals surface area (Å²) in [5.41, 5.74) is 0.641. The quantitative estimate of drug-likeness (QED) is 0.742. The molecular formula is C15H11N3O2. The third kappa shape index (κ3) is 1.37. The van der Waals surface area contributed by atoms with Gasteiger partial charge in [0.15, 0.2) is 6.04 Å². The highest BCUT2D eigenvalue weighted by atomic mass is 16.2. The highest BCUT2D eigenvalue weighted by molar-refractivity contribution is 6.26. The number of hydrogen-bond acceptors (Lipinski definition) is 4. The van der Waals surface area contributed by atoms with Gasteiger partial charge in [0.05, 0.1) is 18.2 Å². The molecule has 1 fully saturated rings. The lowest BCUT2D eigenvalue weighted by atomic mass is 10.1. The molecule has 98 valence electrons. The van der Waals surface area contributed by atoms with Crippen molar-refractivity contribution in [2.45, 2.75) is 6.04 Å². The van der Waals surface area contributed by atoms with Gasteiger partial charge in [-0.2, -0.15) is 10.2 Å². The van der Waals surface area contributed by atoms with Crippen LogP contribution in [-0.4, -0.2) is 24.4 Å². The number of carbonyl (C=O) groups excluding carboxylic acids is 2. The molecule has 0 aromatic heterocycles. The number of imide groups is 1. The summed E-state index contributed by atoms with van der Waals surface area (Å²) in [6.45, 7) is 0.316. The van der Waals surface area contributed by atoms with Gasteiger partial charge in [0, 0.05) is 5.39 Å². The van der Waals surface area contributed by atoms with Crippen molar-refractivity contribution in [3.63, 3.8) is 0 Å². The van der Waals surface area contributed by atoms with Crippen LogP contribution in [0.2, 0.25) is 0 Å². The van der Waals surface area contributed by atoms with Gasteiger partial charge in [-0.3, -0.25) is 9.59 Å². The van der Waals surface area contributed by atoms with Crippen molar-refractivity contribution in [2.24, 2.45) is 16.1 Å². The fourth-order valence-electron chi connectivity index (χ4n) is 2.89.